The van der Waals surface area contributed by atoms with E-state index in [2.05, 4.69) is 10.6 Å². The number of non-ortho nitro benzene ring substituents is 1. The summed E-state index contributed by atoms with van der Waals surface area (Å²) in [4.78, 5) is 22.3. The molecule has 2 N–H and O–H groups in total. The first-order valence-electron chi connectivity index (χ1n) is 8.61. The first-order chi connectivity index (χ1) is 13.5. The van der Waals surface area contributed by atoms with Crippen molar-refractivity contribution in [3.05, 3.63) is 99.9 Å². The first kappa shape index (κ1) is 19.0. The number of hydrogen-bond acceptors (Lipinski definition) is 4. The summed E-state index contributed by atoms with van der Waals surface area (Å²) in [5.74, 6) is -0.626. The number of nitro groups is 1. The third-order valence-corrected chi connectivity index (χ3v) is 4.07. The summed E-state index contributed by atoms with van der Waals surface area (Å²) in [6.45, 7) is 0.525. The predicted molar refractivity (Wildman–Crippen MR) is 106 cm³/mol. The molecule has 0 saturated carbocycles. The van der Waals surface area contributed by atoms with Gasteiger partial charge >= 0.3 is 0 Å². The Morgan fingerprint density at radius 3 is 2.25 bits per heavy atom. The zero-order valence-electron chi connectivity index (χ0n) is 14.9. The Hall–Kier alpha value is -3.74. The highest BCUT2D eigenvalue weighted by Crippen LogP contribution is 2.15. The van der Waals surface area contributed by atoms with Crippen LogP contribution in [0.1, 0.15) is 11.1 Å². The molecule has 3 rings (SSSR count). The summed E-state index contributed by atoms with van der Waals surface area (Å²) in [5, 5.41) is 16.5. The van der Waals surface area contributed by atoms with Crippen molar-refractivity contribution in [2.75, 3.05) is 10.6 Å². The Labute approximate surface area is 161 Å². The average molecular weight is 379 g/mol. The molecule has 7 heteroatoms. The van der Waals surface area contributed by atoms with E-state index in [1.165, 1.54) is 30.3 Å². The van der Waals surface area contributed by atoms with Crippen LogP contribution in [0, 0.1) is 15.9 Å². The highest BCUT2D eigenvalue weighted by molar-refractivity contribution is 5.92. The smallest absolute Gasteiger partial charge is 0.269 e. The van der Waals surface area contributed by atoms with Crippen molar-refractivity contribution >= 4 is 23.0 Å². The second-order valence-corrected chi connectivity index (χ2v) is 6.21. The number of anilines is 2. The highest BCUT2D eigenvalue weighted by atomic mass is 19.1. The fourth-order valence-corrected chi connectivity index (χ4v) is 2.64. The molecule has 3 aromatic rings. The number of hydrogen-bond donors (Lipinski definition) is 2. The molecule has 0 bridgehead atoms. The minimum atomic E-state index is -0.430. The largest absolute Gasteiger partial charge is 0.381 e. The number of benzene rings is 3. The second kappa shape index (κ2) is 8.77. The van der Waals surface area contributed by atoms with Crippen molar-refractivity contribution < 1.29 is 14.1 Å². The van der Waals surface area contributed by atoms with Crippen LogP contribution >= 0.6 is 0 Å². The van der Waals surface area contributed by atoms with E-state index >= 15 is 0 Å². The minimum absolute atomic E-state index is 0.0598. The Morgan fingerprint density at radius 1 is 0.929 bits per heavy atom. The Morgan fingerprint density at radius 2 is 1.61 bits per heavy atom. The molecule has 0 unspecified atom stereocenters. The van der Waals surface area contributed by atoms with E-state index in [9.17, 15) is 19.3 Å². The summed E-state index contributed by atoms with van der Waals surface area (Å²) in [5.41, 5.74) is 3.10. The molecule has 0 aliphatic carbocycles. The van der Waals surface area contributed by atoms with Gasteiger partial charge in [0.1, 0.15) is 5.82 Å². The first-order valence-corrected chi connectivity index (χ1v) is 8.61. The van der Waals surface area contributed by atoms with Gasteiger partial charge in [0.15, 0.2) is 0 Å². The van der Waals surface area contributed by atoms with E-state index in [-0.39, 0.29) is 18.0 Å². The molecule has 0 radical (unpaired) electrons. The standard InChI is InChI=1S/C21H18FN3O3/c22-17-2-1-3-19(13-17)24-21(26)12-15-4-8-18(9-5-15)23-14-16-6-10-20(11-7-16)25(27)28/h1-11,13,23H,12,14H2,(H,24,26). The van der Waals surface area contributed by atoms with Crippen LogP contribution in [0.25, 0.3) is 0 Å². The average Bonchev–Trinajstić information content (AvgIpc) is 2.67. The van der Waals surface area contributed by atoms with Crippen molar-refractivity contribution in [2.45, 2.75) is 13.0 Å². The van der Waals surface area contributed by atoms with E-state index in [4.69, 9.17) is 0 Å². The van der Waals surface area contributed by atoms with Gasteiger partial charge in [-0.05, 0) is 41.5 Å². The van der Waals surface area contributed by atoms with Crippen molar-refractivity contribution in [3.63, 3.8) is 0 Å². The van der Waals surface area contributed by atoms with Crippen LogP contribution in [0.2, 0.25) is 0 Å². The number of carbonyl (C=O) groups excluding carboxylic acids is 1. The minimum Gasteiger partial charge on any atom is -0.381 e. The van der Waals surface area contributed by atoms with Gasteiger partial charge in [0.05, 0.1) is 11.3 Å². The number of carbonyl (C=O) groups is 1. The van der Waals surface area contributed by atoms with E-state index in [0.717, 1.165) is 16.8 Å². The molecule has 0 heterocycles. The summed E-state index contributed by atoms with van der Waals surface area (Å²) in [6, 6.07) is 19.5. The molecule has 1 amide bonds. The molecule has 0 aliphatic rings. The van der Waals surface area contributed by atoms with Gasteiger partial charge in [0.2, 0.25) is 5.91 Å². The molecule has 0 spiro atoms. The molecule has 0 aromatic heterocycles. The number of nitrogens with zero attached hydrogens (tertiary/aromatic N) is 1. The molecule has 0 aliphatic heterocycles. The lowest BCUT2D eigenvalue weighted by atomic mass is 10.1. The van der Waals surface area contributed by atoms with Crippen molar-refractivity contribution in [2.24, 2.45) is 0 Å². The van der Waals surface area contributed by atoms with Gasteiger partial charge in [-0.3, -0.25) is 14.9 Å². The molecule has 0 fully saturated rings. The number of rotatable bonds is 7. The maximum Gasteiger partial charge on any atom is 0.269 e. The van der Waals surface area contributed by atoms with Crippen LogP contribution in [0.3, 0.4) is 0 Å². The maximum atomic E-state index is 13.2. The summed E-state index contributed by atoms with van der Waals surface area (Å²) in [6.07, 6.45) is 0.180. The summed E-state index contributed by atoms with van der Waals surface area (Å²) < 4.78 is 13.2. The Balaban J connectivity index is 1.51. The number of halogens is 1. The van der Waals surface area contributed by atoms with Crippen LogP contribution in [0.5, 0.6) is 0 Å². The van der Waals surface area contributed by atoms with Crippen molar-refractivity contribution in [1.82, 2.24) is 0 Å². The Bertz CT molecular complexity index is 973. The van der Waals surface area contributed by atoms with Crippen molar-refractivity contribution in [1.29, 1.82) is 0 Å². The topological polar surface area (TPSA) is 84.3 Å². The van der Waals surface area contributed by atoms with Crippen LogP contribution in [-0.4, -0.2) is 10.8 Å². The molecule has 6 nitrogen and oxygen atoms in total. The quantitative estimate of drug-likeness (QED) is 0.467. The van der Waals surface area contributed by atoms with E-state index in [1.54, 1.807) is 18.2 Å². The van der Waals surface area contributed by atoms with E-state index in [1.807, 2.05) is 24.3 Å². The SMILES string of the molecule is O=C(Cc1ccc(NCc2ccc([N+](=O)[O-])cc2)cc1)Nc1cccc(F)c1. The zero-order valence-corrected chi connectivity index (χ0v) is 14.9. The molecule has 0 saturated heterocycles. The van der Waals surface area contributed by atoms with Crippen LogP contribution in [0.15, 0.2) is 72.8 Å². The number of nitrogens with one attached hydrogen (secondary N) is 2. The van der Waals surface area contributed by atoms with Gasteiger partial charge in [0, 0.05) is 30.1 Å². The second-order valence-electron chi connectivity index (χ2n) is 6.21. The van der Waals surface area contributed by atoms with Crippen LogP contribution in [-0.2, 0) is 17.8 Å². The monoisotopic (exact) mass is 379 g/mol. The van der Waals surface area contributed by atoms with Gasteiger partial charge in [-0.2, -0.15) is 0 Å². The fourth-order valence-electron chi connectivity index (χ4n) is 2.64. The zero-order chi connectivity index (χ0) is 19.9. The van der Waals surface area contributed by atoms with E-state index in [0.29, 0.717) is 12.2 Å². The predicted octanol–water partition coefficient (Wildman–Crippen LogP) is 4.53. The lowest BCUT2D eigenvalue weighted by Crippen LogP contribution is -2.14. The van der Waals surface area contributed by atoms with Gasteiger partial charge in [-0.1, -0.05) is 30.3 Å². The van der Waals surface area contributed by atoms with Crippen molar-refractivity contribution in [3.8, 4) is 0 Å². The van der Waals surface area contributed by atoms with Crippen LogP contribution in [0.4, 0.5) is 21.5 Å². The molecular formula is C21H18FN3O3. The number of nitro benzene ring substituents is 1. The van der Waals surface area contributed by atoms with Gasteiger partial charge in [-0.25, -0.2) is 4.39 Å². The van der Waals surface area contributed by atoms with Gasteiger partial charge in [0.25, 0.3) is 5.69 Å². The third-order valence-electron chi connectivity index (χ3n) is 4.07. The van der Waals surface area contributed by atoms with Crippen LogP contribution < -0.4 is 10.6 Å². The lowest BCUT2D eigenvalue weighted by molar-refractivity contribution is -0.384. The molecule has 0 atom stereocenters. The summed E-state index contributed by atoms with van der Waals surface area (Å²) >= 11 is 0. The molecule has 3 aromatic carbocycles. The summed E-state index contributed by atoms with van der Waals surface area (Å²) in [7, 11) is 0. The van der Waals surface area contributed by atoms with Gasteiger partial charge in [-0.15, -0.1) is 0 Å². The molecule has 142 valence electrons. The van der Waals surface area contributed by atoms with E-state index < -0.39 is 10.7 Å². The fraction of sp³-hybridized carbons (Fsp3) is 0.0952. The lowest BCUT2D eigenvalue weighted by Gasteiger charge is -2.08. The third kappa shape index (κ3) is 5.38. The molecular weight excluding hydrogens is 361 g/mol. The normalized spacial score (nSPS) is 10.3. The molecule has 28 heavy (non-hydrogen) atoms. The Kier molecular flexibility index (Phi) is 5.96. The maximum absolute atomic E-state index is 13.2. The number of amides is 1. The van der Waals surface area contributed by atoms with Gasteiger partial charge < -0.3 is 10.6 Å². The highest BCUT2D eigenvalue weighted by Gasteiger charge is 2.06.